The molecule has 0 bridgehead atoms. The van der Waals surface area contributed by atoms with E-state index in [-0.39, 0.29) is 0 Å². The normalized spacial score (nSPS) is 13.1. The molecule has 4 nitrogen and oxygen atoms in total. The zero-order valence-corrected chi connectivity index (χ0v) is 11.3. The number of anilines is 2. The van der Waals surface area contributed by atoms with Crippen molar-refractivity contribution in [1.29, 1.82) is 0 Å². The Morgan fingerprint density at radius 3 is 2.65 bits per heavy atom. The highest BCUT2D eigenvalue weighted by atomic mass is 15.1. The lowest BCUT2D eigenvalue weighted by Crippen LogP contribution is -2.33. The van der Waals surface area contributed by atoms with Gasteiger partial charge in [-0.25, -0.2) is 4.98 Å². The van der Waals surface area contributed by atoms with Crippen LogP contribution in [0.25, 0.3) is 0 Å². The Balaban J connectivity index is 2.64. The first kappa shape index (κ1) is 13.8. The lowest BCUT2D eigenvalue weighted by molar-refractivity contribution is 0.356. The van der Waals surface area contributed by atoms with Gasteiger partial charge in [0.05, 0.1) is 0 Å². The number of nitrogens with one attached hydrogen (secondary N) is 1. The number of aromatic nitrogens is 1. The van der Waals surface area contributed by atoms with E-state index in [9.17, 15) is 0 Å². The summed E-state index contributed by atoms with van der Waals surface area (Å²) in [6.45, 7) is 5.46. The average Bonchev–Trinajstić information content (AvgIpc) is 2.14. The Bertz CT molecular complexity index is 326. The van der Waals surface area contributed by atoms with E-state index in [4.69, 9.17) is 5.73 Å². The topological polar surface area (TPSA) is 54.2 Å². The zero-order chi connectivity index (χ0) is 12.8. The lowest BCUT2D eigenvalue weighted by atomic mass is 10.0. The van der Waals surface area contributed by atoms with E-state index in [2.05, 4.69) is 43.1 Å². The highest BCUT2D eigenvalue weighted by molar-refractivity contribution is 5.48. The number of nitrogens with zero attached hydrogens (tertiary/aromatic N) is 2. The molecule has 1 heterocycles. The number of hydrogen-bond acceptors (Lipinski definition) is 4. The molecule has 0 saturated carbocycles. The fourth-order valence-electron chi connectivity index (χ4n) is 1.92. The van der Waals surface area contributed by atoms with Gasteiger partial charge >= 0.3 is 0 Å². The fraction of sp³-hybridized carbons (Fsp3) is 0.615. The van der Waals surface area contributed by atoms with Crippen LogP contribution in [0.4, 0.5) is 11.5 Å². The summed E-state index contributed by atoms with van der Waals surface area (Å²) in [4.78, 5) is 6.47. The van der Waals surface area contributed by atoms with Gasteiger partial charge < -0.3 is 16.0 Å². The Hall–Kier alpha value is -1.29. The van der Waals surface area contributed by atoms with Crippen molar-refractivity contribution in [2.24, 2.45) is 5.92 Å². The SMILES string of the molecule is CC(C)CC(CN(C)C)Nc1cc(N)ccn1. The first-order valence-electron chi connectivity index (χ1n) is 6.10. The molecule has 0 aliphatic heterocycles. The van der Waals surface area contributed by atoms with E-state index in [0.29, 0.717) is 12.0 Å². The third-order valence-electron chi connectivity index (χ3n) is 2.48. The molecule has 0 fully saturated rings. The van der Waals surface area contributed by atoms with Crippen LogP contribution in [-0.4, -0.2) is 36.6 Å². The Kier molecular flexibility index (Phi) is 5.22. The van der Waals surface area contributed by atoms with Crippen LogP contribution in [0.5, 0.6) is 0 Å². The van der Waals surface area contributed by atoms with Crippen LogP contribution in [0, 0.1) is 5.92 Å². The van der Waals surface area contributed by atoms with Gasteiger partial charge in [-0.1, -0.05) is 13.8 Å². The maximum atomic E-state index is 5.75. The molecule has 0 aliphatic rings. The second kappa shape index (κ2) is 6.45. The van der Waals surface area contributed by atoms with Gasteiger partial charge in [0.1, 0.15) is 5.82 Å². The predicted molar refractivity (Wildman–Crippen MR) is 74.1 cm³/mol. The third-order valence-corrected chi connectivity index (χ3v) is 2.48. The molecule has 1 aromatic rings. The quantitative estimate of drug-likeness (QED) is 0.794. The summed E-state index contributed by atoms with van der Waals surface area (Å²) in [5.41, 5.74) is 6.49. The van der Waals surface area contributed by atoms with Crippen molar-refractivity contribution in [1.82, 2.24) is 9.88 Å². The Morgan fingerprint density at radius 1 is 1.41 bits per heavy atom. The largest absolute Gasteiger partial charge is 0.399 e. The fourth-order valence-corrected chi connectivity index (χ4v) is 1.92. The molecule has 0 aliphatic carbocycles. The summed E-state index contributed by atoms with van der Waals surface area (Å²) >= 11 is 0. The van der Waals surface area contributed by atoms with Crippen LogP contribution in [-0.2, 0) is 0 Å². The first-order valence-corrected chi connectivity index (χ1v) is 6.10. The molecule has 1 unspecified atom stereocenters. The molecule has 1 atom stereocenters. The number of pyridine rings is 1. The average molecular weight is 236 g/mol. The molecule has 0 radical (unpaired) electrons. The van der Waals surface area contributed by atoms with Crippen molar-refractivity contribution in [2.75, 3.05) is 31.7 Å². The van der Waals surface area contributed by atoms with Gasteiger partial charge in [-0.05, 0) is 32.5 Å². The minimum Gasteiger partial charge on any atom is -0.399 e. The summed E-state index contributed by atoms with van der Waals surface area (Å²) in [6, 6.07) is 4.08. The molecule has 3 N–H and O–H groups in total. The van der Waals surface area contributed by atoms with Crippen LogP contribution in [0.15, 0.2) is 18.3 Å². The minimum absolute atomic E-state index is 0.402. The monoisotopic (exact) mass is 236 g/mol. The van der Waals surface area contributed by atoms with Crippen molar-refractivity contribution in [3.05, 3.63) is 18.3 Å². The van der Waals surface area contributed by atoms with Crippen LogP contribution in [0.3, 0.4) is 0 Å². The summed E-state index contributed by atoms with van der Waals surface area (Å²) in [6.07, 6.45) is 2.86. The van der Waals surface area contributed by atoms with Gasteiger partial charge in [-0.2, -0.15) is 0 Å². The molecule has 96 valence electrons. The second-order valence-corrected chi connectivity index (χ2v) is 5.21. The summed E-state index contributed by atoms with van der Waals surface area (Å²) < 4.78 is 0. The van der Waals surface area contributed by atoms with Crippen LogP contribution in [0.2, 0.25) is 0 Å². The van der Waals surface area contributed by atoms with Crippen LogP contribution < -0.4 is 11.1 Å². The zero-order valence-electron chi connectivity index (χ0n) is 11.3. The van der Waals surface area contributed by atoms with Crippen molar-refractivity contribution >= 4 is 11.5 Å². The maximum Gasteiger partial charge on any atom is 0.128 e. The number of nitrogen functional groups attached to an aromatic ring is 1. The highest BCUT2D eigenvalue weighted by Gasteiger charge is 2.12. The van der Waals surface area contributed by atoms with Crippen molar-refractivity contribution in [3.8, 4) is 0 Å². The number of nitrogens with two attached hydrogens (primary N) is 1. The maximum absolute atomic E-state index is 5.75. The molecule has 4 heteroatoms. The van der Waals surface area contributed by atoms with Crippen molar-refractivity contribution < 1.29 is 0 Å². The van der Waals surface area contributed by atoms with Gasteiger partial charge in [0.2, 0.25) is 0 Å². The minimum atomic E-state index is 0.402. The van der Waals surface area contributed by atoms with Gasteiger partial charge in [-0.15, -0.1) is 0 Å². The van der Waals surface area contributed by atoms with Gasteiger partial charge in [0.15, 0.2) is 0 Å². The molecule has 1 rings (SSSR count). The standard InChI is InChI=1S/C13H24N4/c1-10(2)7-12(9-17(3)4)16-13-8-11(14)5-6-15-13/h5-6,8,10,12H,7,9H2,1-4H3,(H3,14,15,16). The highest BCUT2D eigenvalue weighted by Crippen LogP contribution is 2.13. The number of rotatable bonds is 6. The molecule has 17 heavy (non-hydrogen) atoms. The molecule has 1 aromatic heterocycles. The van der Waals surface area contributed by atoms with Crippen molar-refractivity contribution in [2.45, 2.75) is 26.3 Å². The molecule has 0 aromatic carbocycles. The van der Waals surface area contributed by atoms with E-state index in [1.165, 1.54) is 0 Å². The second-order valence-electron chi connectivity index (χ2n) is 5.21. The smallest absolute Gasteiger partial charge is 0.128 e. The number of hydrogen-bond donors (Lipinski definition) is 2. The van der Waals surface area contributed by atoms with E-state index >= 15 is 0 Å². The van der Waals surface area contributed by atoms with Crippen LogP contribution >= 0.6 is 0 Å². The van der Waals surface area contributed by atoms with Gasteiger partial charge in [0.25, 0.3) is 0 Å². The molecular formula is C13H24N4. The van der Waals surface area contributed by atoms with E-state index in [0.717, 1.165) is 24.5 Å². The third kappa shape index (κ3) is 5.54. The molecule has 0 amide bonds. The van der Waals surface area contributed by atoms with Crippen LogP contribution in [0.1, 0.15) is 20.3 Å². The Morgan fingerprint density at radius 2 is 2.12 bits per heavy atom. The van der Waals surface area contributed by atoms with Gasteiger partial charge in [0, 0.05) is 30.5 Å². The van der Waals surface area contributed by atoms with E-state index in [1.54, 1.807) is 12.3 Å². The summed E-state index contributed by atoms with van der Waals surface area (Å²) in [5.74, 6) is 1.52. The summed E-state index contributed by atoms with van der Waals surface area (Å²) in [5, 5.41) is 3.45. The summed E-state index contributed by atoms with van der Waals surface area (Å²) in [7, 11) is 4.17. The predicted octanol–water partition coefficient (Wildman–Crippen LogP) is 2.05. The Labute approximate surface area is 104 Å². The number of likely N-dealkylation sites (N-methyl/N-ethyl adjacent to an activating group) is 1. The lowest BCUT2D eigenvalue weighted by Gasteiger charge is -2.24. The van der Waals surface area contributed by atoms with Gasteiger partial charge in [-0.3, -0.25) is 0 Å². The van der Waals surface area contributed by atoms with E-state index < -0.39 is 0 Å². The molecule has 0 saturated heterocycles. The van der Waals surface area contributed by atoms with Crippen molar-refractivity contribution in [3.63, 3.8) is 0 Å². The molecular weight excluding hydrogens is 212 g/mol. The first-order chi connectivity index (χ1) is 7.97. The van der Waals surface area contributed by atoms with E-state index in [1.807, 2.05) is 6.07 Å². The molecule has 0 spiro atoms.